The van der Waals surface area contributed by atoms with Gasteiger partial charge >= 0.3 is 5.97 Å². The number of carboxylic acids is 1. The highest BCUT2D eigenvalue weighted by Crippen LogP contribution is 2.20. The van der Waals surface area contributed by atoms with E-state index in [1.54, 1.807) is 23.6 Å². The highest BCUT2D eigenvalue weighted by atomic mass is 32.2. The normalized spacial score (nSPS) is 22.8. The molecule has 0 radical (unpaired) electrons. The van der Waals surface area contributed by atoms with Crippen LogP contribution >= 0.6 is 11.8 Å². The van der Waals surface area contributed by atoms with Crippen LogP contribution in [0.15, 0.2) is 0 Å². The second-order valence-corrected chi connectivity index (χ2v) is 6.72. The van der Waals surface area contributed by atoms with Crippen molar-refractivity contribution in [2.45, 2.75) is 51.7 Å². The quantitative estimate of drug-likeness (QED) is 0.795. The van der Waals surface area contributed by atoms with Gasteiger partial charge in [-0.2, -0.15) is 11.8 Å². The van der Waals surface area contributed by atoms with E-state index in [0.717, 1.165) is 12.2 Å². The summed E-state index contributed by atoms with van der Waals surface area (Å²) in [6.07, 6.45) is 0.837. The van der Waals surface area contributed by atoms with E-state index in [0.29, 0.717) is 12.3 Å². The molecule has 0 saturated carbocycles. The molecule has 1 fully saturated rings. The number of nitrogens with one attached hydrogen (secondary N) is 1. The Labute approximate surface area is 119 Å². The van der Waals surface area contributed by atoms with Crippen molar-refractivity contribution in [3.8, 4) is 0 Å². The molecule has 2 atom stereocenters. The smallest absolute Gasteiger partial charge is 0.321 e. The SMILES string of the molecule is CCC(C)(C)NC(=O)C(C)N1CCSCC1C(=O)O. The molecule has 5 nitrogen and oxygen atoms in total. The molecule has 0 bridgehead atoms. The first-order valence-electron chi connectivity index (χ1n) is 6.67. The molecule has 1 amide bonds. The van der Waals surface area contributed by atoms with Crippen molar-refractivity contribution in [3.63, 3.8) is 0 Å². The third kappa shape index (κ3) is 4.38. The van der Waals surface area contributed by atoms with Crippen molar-refractivity contribution in [1.82, 2.24) is 10.2 Å². The van der Waals surface area contributed by atoms with Crippen LogP contribution in [0.4, 0.5) is 0 Å². The van der Waals surface area contributed by atoms with E-state index in [2.05, 4.69) is 5.32 Å². The lowest BCUT2D eigenvalue weighted by atomic mass is 10.0. The lowest BCUT2D eigenvalue weighted by Crippen LogP contribution is -2.58. The first-order chi connectivity index (χ1) is 8.78. The highest BCUT2D eigenvalue weighted by Gasteiger charge is 2.35. The van der Waals surface area contributed by atoms with Gasteiger partial charge in [-0.05, 0) is 27.2 Å². The van der Waals surface area contributed by atoms with Gasteiger partial charge in [0.15, 0.2) is 0 Å². The fraction of sp³-hybridized carbons (Fsp3) is 0.846. The van der Waals surface area contributed by atoms with Gasteiger partial charge < -0.3 is 10.4 Å². The highest BCUT2D eigenvalue weighted by molar-refractivity contribution is 7.99. The molecule has 6 heteroatoms. The summed E-state index contributed by atoms with van der Waals surface area (Å²) in [5.74, 6) is 0.481. The predicted octanol–water partition coefficient (Wildman–Crippen LogP) is 1.18. The summed E-state index contributed by atoms with van der Waals surface area (Å²) in [7, 11) is 0. The molecule has 1 saturated heterocycles. The number of rotatable bonds is 5. The van der Waals surface area contributed by atoms with E-state index in [1.807, 2.05) is 20.8 Å². The van der Waals surface area contributed by atoms with Gasteiger partial charge in [0.25, 0.3) is 0 Å². The Bertz CT molecular complexity index is 347. The molecule has 1 aliphatic rings. The molecule has 19 heavy (non-hydrogen) atoms. The number of thioether (sulfide) groups is 1. The topological polar surface area (TPSA) is 69.6 Å². The molecular weight excluding hydrogens is 264 g/mol. The van der Waals surface area contributed by atoms with E-state index in [9.17, 15) is 14.7 Å². The van der Waals surface area contributed by atoms with Gasteiger partial charge in [0.2, 0.25) is 5.91 Å². The fourth-order valence-electron chi connectivity index (χ4n) is 1.97. The van der Waals surface area contributed by atoms with Crippen molar-refractivity contribution in [3.05, 3.63) is 0 Å². The molecule has 2 unspecified atom stereocenters. The van der Waals surface area contributed by atoms with Crippen molar-refractivity contribution in [2.24, 2.45) is 0 Å². The molecule has 0 aliphatic carbocycles. The molecule has 1 rings (SSSR count). The predicted molar refractivity (Wildman–Crippen MR) is 77.4 cm³/mol. The van der Waals surface area contributed by atoms with Gasteiger partial charge in [-0.1, -0.05) is 6.92 Å². The van der Waals surface area contributed by atoms with E-state index in [4.69, 9.17) is 0 Å². The number of amides is 1. The lowest BCUT2D eigenvalue weighted by molar-refractivity contribution is -0.144. The van der Waals surface area contributed by atoms with Gasteiger partial charge in [0, 0.05) is 23.6 Å². The van der Waals surface area contributed by atoms with Crippen LogP contribution in [0.2, 0.25) is 0 Å². The van der Waals surface area contributed by atoms with Gasteiger partial charge in [0.1, 0.15) is 6.04 Å². The number of hydrogen-bond donors (Lipinski definition) is 2. The largest absolute Gasteiger partial charge is 0.480 e. The minimum atomic E-state index is -0.846. The molecule has 1 aliphatic heterocycles. The van der Waals surface area contributed by atoms with Crippen LogP contribution in [0.5, 0.6) is 0 Å². The van der Waals surface area contributed by atoms with Crippen LogP contribution in [0, 0.1) is 0 Å². The van der Waals surface area contributed by atoms with Crippen LogP contribution in [0.1, 0.15) is 34.1 Å². The summed E-state index contributed by atoms with van der Waals surface area (Å²) in [6, 6.07) is -0.975. The zero-order chi connectivity index (χ0) is 14.6. The number of aliphatic carboxylic acids is 1. The molecule has 0 spiro atoms. The summed E-state index contributed by atoms with van der Waals surface area (Å²) in [6.45, 7) is 8.38. The second-order valence-electron chi connectivity index (χ2n) is 5.57. The lowest BCUT2D eigenvalue weighted by Gasteiger charge is -2.37. The van der Waals surface area contributed by atoms with Crippen LogP contribution in [0.25, 0.3) is 0 Å². The average Bonchev–Trinajstić information content (AvgIpc) is 2.37. The zero-order valence-electron chi connectivity index (χ0n) is 12.1. The minimum absolute atomic E-state index is 0.0926. The van der Waals surface area contributed by atoms with Gasteiger partial charge in [-0.15, -0.1) is 0 Å². The maximum absolute atomic E-state index is 12.2. The summed E-state index contributed by atoms with van der Waals surface area (Å²) < 4.78 is 0. The molecule has 1 heterocycles. The third-order valence-corrected chi connectivity index (χ3v) is 4.70. The first-order valence-corrected chi connectivity index (χ1v) is 7.82. The fourth-order valence-corrected chi connectivity index (χ4v) is 3.03. The summed E-state index contributed by atoms with van der Waals surface area (Å²) in [5.41, 5.74) is -0.255. The molecule has 2 N–H and O–H groups in total. The Morgan fingerprint density at radius 2 is 2.16 bits per heavy atom. The zero-order valence-corrected chi connectivity index (χ0v) is 12.9. The van der Waals surface area contributed by atoms with Crippen molar-refractivity contribution in [1.29, 1.82) is 0 Å². The monoisotopic (exact) mass is 288 g/mol. The maximum Gasteiger partial charge on any atom is 0.321 e. The molecule has 0 aromatic heterocycles. The van der Waals surface area contributed by atoms with Crippen LogP contribution < -0.4 is 5.32 Å². The first kappa shape index (κ1) is 16.3. The standard InChI is InChI=1S/C13H24N2O3S/c1-5-13(3,4)14-11(16)9(2)15-6-7-19-8-10(15)12(17)18/h9-10H,5-8H2,1-4H3,(H,14,16)(H,17,18). The molecule has 0 aromatic rings. The Balaban J connectivity index is 2.71. The van der Waals surface area contributed by atoms with Crippen molar-refractivity contribution in [2.75, 3.05) is 18.1 Å². The van der Waals surface area contributed by atoms with Gasteiger partial charge in [-0.25, -0.2) is 0 Å². The average molecular weight is 288 g/mol. The summed E-state index contributed by atoms with van der Waals surface area (Å²) in [5, 5.41) is 12.2. The third-order valence-electron chi connectivity index (χ3n) is 3.68. The Hall–Kier alpha value is -0.750. The van der Waals surface area contributed by atoms with E-state index >= 15 is 0 Å². The van der Waals surface area contributed by atoms with Gasteiger partial charge in [0.05, 0.1) is 6.04 Å². The van der Waals surface area contributed by atoms with Gasteiger partial charge in [-0.3, -0.25) is 14.5 Å². The van der Waals surface area contributed by atoms with Crippen LogP contribution in [-0.4, -0.2) is 57.6 Å². The molecular formula is C13H24N2O3S. The number of carboxylic acid groups (broad SMARTS) is 1. The summed E-state index contributed by atoms with van der Waals surface area (Å²) in [4.78, 5) is 25.3. The van der Waals surface area contributed by atoms with E-state index in [-0.39, 0.29) is 11.4 Å². The van der Waals surface area contributed by atoms with Crippen LogP contribution in [-0.2, 0) is 9.59 Å². The summed E-state index contributed by atoms with van der Waals surface area (Å²) >= 11 is 1.63. The minimum Gasteiger partial charge on any atom is -0.480 e. The maximum atomic E-state index is 12.2. The number of nitrogens with zero attached hydrogens (tertiary/aromatic N) is 1. The second kappa shape index (κ2) is 6.61. The number of carbonyl (C=O) groups excluding carboxylic acids is 1. The van der Waals surface area contributed by atoms with Crippen LogP contribution in [0.3, 0.4) is 0 Å². The molecule has 110 valence electrons. The van der Waals surface area contributed by atoms with Crippen molar-refractivity contribution >= 4 is 23.6 Å². The number of carbonyl (C=O) groups is 2. The Morgan fingerprint density at radius 1 is 1.53 bits per heavy atom. The Kier molecular flexibility index (Phi) is 5.67. The number of hydrogen-bond acceptors (Lipinski definition) is 4. The molecule has 0 aromatic carbocycles. The van der Waals surface area contributed by atoms with E-state index < -0.39 is 18.1 Å². The Morgan fingerprint density at radius 3 is 2.68 bits per heavy atom. The van der Waals surface area contributed by atoms with E-state index in [1.165, 1.54) is 0 Å². The van der Waals surface area contributed by atoms with Crippen molar-refractivity contribution < 1.29 is 14.7 Å².